The van der Waals surface area contributed by atoms with Gasteiger partial charge in [0.15, 0.2) is 11.5 Å². The van der Waals surface area contributed by atoms with Gasteiger partial charge in [0, 0.05) is 37.0 Å². The van der Waals surface area contributed by atoms with Crippen molar-refractivity contribution in [1.82, 2.24) is 14.5 Å². The van der Waals surface area contributed by atoms with Crippen molar-refractivity contribution in [2.45, 2.75) is 52.0 Å². The lowest BCUT2D eigenvalue weighted by atomic mass is 10.1. The van der Waals surface area contributed by atoms with Crippen LogP contribution in [-0.2, 0) is 13.0 Å². The third-order valence-electron chi connectivity index (χ3n) is 6.67. The maximum atomic E-state index is 13.3. The van der Waals surface area contributed by atoms with Crippen molar-refractivity contribution in [3.8, 4) is 11.5 Å². The number of likely N-dealkylation sites (tertiary alicyclic amines) is 1. The number of rotatable bonds is 9. The molecule has 0 aliphatic carbocycles. The number of imidazole rings is 1. The van der Waals surface area contributed by atoms with Gasteiger partial charge in [0.25, 0.3) is 5.91 Å². The van der Waals surface area contributed by atoms with Gasteiger partial charge in [0.1, 0.15) is 0 Å². The highest BCUT2D eigenvalue weighted by Gasteiger charge is 2.20. The summed E-state index contributed by atoms with van der Waals surface area (Å²) in [6, 6.07) is 9.78. The van der Waals surface area contributed by atoms with E-state index in [0.717, 1.165) is 66.8 Å². The predicted octanol–water partition coefficient (Wildman–Crippen LogP) is 4.72. The van der Waals surface area contributed by atoms with Crippen LogP contribution in [0.15, 0.2) is 30.3 Å². The number of anilines is 2. The standard InChI is InChI=1S/C27H37N5O3/c1-4-19-16-21(18-24(34-2)25(19)35-3)29-27-30-22-11-10-20(17-23(22)32(27)15-9-12-28)26(33)31-13-7-5-6-8-14-31/h10-11,16-18H,4-9,12-15,28H2,1-3H3,(H,29,30). The van der Waals surface area contributed by atoms with Gasteiger partial charge in [-0.1, -0.05) is 19.8 Å². The summed E-state index contributed by atoms with van der Waals surface area (Å²) in [6.07, 6.45) is 6.14. The molecule has 0 unspecified atom stereocenters. The van der Waals surface area contributed by atoms with Crippen LogP contribution >= 0.6 is 0 Å². The second-order valence-corrected chi connectivity index (χ2v) is 8.99. The van der Waals surface area contributed by atoms with Crippen LogP contribution in [0.25, 0.3) is 11.0 Å². The molecule has 4 rings (SSSR count). The molecule has 2 heterocycles. The fourth-order valence-electron chi connectivity index (χ4n) is 4.79. The van der Waals surface area contributed by atoms with Crippen molar-refractivity contribution < 1.29 is 14.3 Å². The quantitative estimate of drug-likeness (QED) is 0.461. The monoisotopic (exact) mass is 479 g/mol. The molecule has 1 aromatic heterocycles. The highest BCUT2D eigenvalue weighted by molar-refractivity contribution is 5.98. The number of nitrogens with two attached hydrogens (primary N) is 1. The van der Waals surface area contributed by atoms with Gasteiger partial charge < -0.3 is 30.0 Å². The van der Waals surface area contributed by atoms with Crippen LogP contribution in [0.3, 0.4) is 0 Å². The Morgan fingerprint density at radius 2 is 1.86 bits per heavy atom. The summed E-state index contributed by atoms with van der Waals surface area (Å²) in [5.41, 5.74) is 10.2. The van der Waals surface area contributed by atoms with E-state index in [0.29, 0.717) is 30.4 Å². The van der Waals surface area contributed by atoms with Crippen molar-refractivity contribution in [3.05, 3.63) is 41.5 Å². The van der Waals surface area contributed by atoms with Crippen molar-refractivity contribution in [1.29, 1.82) is 0 Å². The average Bonchev–Trinajstić information content (AvgIpc) is 3.03. The van der Waals surface area contributed by atoms with Crippen molar-refractivity contribution in [2.24, 2.45) is 5.73 Å². The fourth-order valence-corrected chi connectivity index (χ4v) is 4.79. The summed E-state index contributed by atoms with van der Waals surface area (Å²) in [5.74, 6) is 2.22. The minimum absolute atomic E-state index is 0.0994. The number of aromatic nitrogens is 2. The minimum Gasteiger partial charge on any atom is -0.493 e. The second-order valence-electron chi connectivity index (χ2n) is 8.99. The lowest BCUT2D eigenvalue weighted by molar-refractivity contribution is 0.0762. The van der Waals surface area contributed by atoms with E-state index in [1.54, 1.807) is 14.2 Å². The third-order valence-corrected chi connectivity index (χ3v) is 6.67. The van der Waals surface area contributed by atoms with Crippen molar-refractivity contribution in [3.63, 3.8) is 0 Å². The lowest BCUT2D eigenvalue weighted by Crippen LogP contribution is -2.31. The van der Waals surface area contributed by atoms with Crippen LogP contribution in [0.1, 0.15) is 54.9 Å². The molecule has 0 atom stereocenters. The molecule has 8 heteroatoms. The first-order valence-corrected chi connectivity index (χ1v) is 12.6. The second kappa shape index (κ2) is 11.4. The Balaban J connectivity index is 1.71. The Hall–Kier alpha value is -3.26. The molecule has 3 aromatic rings. The van der Waals surface area contributed by atoms with E-state index in [4.69, 9.17) is 20.2 Å². The zero-order chi connectivity index (χ0) is 24.8. The number of methoxy groups -OCH3 is 2. The van der Waals surface area contributed by atoms with Crippen LogP contribution in [-0.4, -0.2) is 54.2 Å². The van der Waals surface area contributed by atoms with Crippen molar-refractivity contribution in [2.75, 3.05) is 39.2 Å². The molecule has 1 fully saturated rings. The number of benzene rings is 2. The van der Waals surface area contributed by atoms with Crippen LogP contribution in [0.5, 0.6) is 11.5 Å². The maximum absolute atomic E-state index is 13.3. The average molecular weight is 480 g/mol. The first-order valence-electron chi connectivity index (χ1n) is 12.6. The van der Waals surface area contributed by atoms with Gasteiger partial charge in [-0.3, -0.25) is 4.79 Å². The van der Waals surface area contributed by atoms with Gasteiger partial charge in [0.2, 0.25) is 5.95 Å². The summed E-state index contributed by atoms with van der Waals surface area (Å²) in [5, 5.41) is 3.47. The van der Waals surface area contributed by atoms with E-state index in [1.165, 1.54) is 12.8 Å². The minimum atomic E-state index is 0.0994. The largest absolute Gasteiger partial charge is 0.493 e. The lowest BCUT2D eigenvalue weighted by Gasteiger charge is -2.20. The number of hydrogen-bond acceptors (Lipinski definition) is 6. The predicted molar refractivity (Wildman–Crippen MR) is 140 cm³/mol. The Morgan fingerprint density at radius 3 is 2.51 bits per heavy atom. The van der Waals surface area contributed by atoms with Crippen LogP contribution in [0.2, 0.25) is 0 Å². The topological polar surface area (TPSA) is 94.6 Å². The van der Waals surface area contributed by atoms with Gasteiger partial charge in [-0.15, -0.1) is 0 Å². The summed E-state index contributed by atoms with van der Waals surface area (Å²) in [6.45, 7) is 5.01. The number of carbonyl (C=O) groups is 1. The number of nitrogens with zero attached hydrogens (tertiary/aromatic N) is 3. The van der Waals surface area contributed by atoms with E-state index in [1.807, 2.05) is 29.2 Å². The SMILES string of the molecule is CCc1cc(Nc2nc3ccc(C(=O)N4CCCCCC4)cc3n2CCCN)cc(OC)c1OC. The highest BCUT2D eigenvalue weighted by atomic mass is 16.5. The Kier molecular flexibility index (Phi) is 8.13. The number of nitrogens with one attached hydrogen (secondary N) is 1. The number of carbonyl (C=O) groups excluding carboxylic acids is 1. The molecule has 0 saturated carbocycles. The zero-order valence-electron chi connectivity index (χ0n) is 21.1. The first kappa shape index (κ1) is 24.9. The molecular weight excluding hydrogens is 442 g/mol. The molecule has 0 bridgehead atoms. The molecule has 8 nitrogen and oxygen atoms in total. The summed E-state index contributed by atoms with van der Waals surface area (Å²) in [4.78, 5) is 20.1. The maximum Gasteiger partial charge on any atom is 0.253 e. The van der Waals surface area contributed by atoms with Crippen LogP contribution < -0.4 is 20.5 Å². The van der Waals surface area contributed by atoms with E-state index in [-0.39, 0.29) is 5.91 Å². The summed E-state index contributed by atoms with van der Waals surface area (Å²) < 4.78 is 13.2. The van der Waals surface area contributed by atoms with Gasteiger partial charge in [-0.25, -0.2) is 4.98 Å². The summed E-state index contributed by atoms with van der Waals surface area (Å²) >= 11 is 0. The molecule has 1 saturated heterocycles. The Labute approximate surface area is 207 Å². The number of amides is 1. The fraction of sp³-hybridized carbons (Fsp3) is 0.481. The zero-order valence-corrected chi connectivity index (χ0v) is 21.1. The molecule has 0 radical (unpaired) electrons. The molecular formula is C27H37N5O3. The Bertz CT molecular complexity index is 1140. The number of hydrogen-bond donors (Lipinski definition) is 2. The number of aryl methyl sites for hydroxylation is 2. The molecule has 1 amide bonds. The van der Waals surface area contributed by atoms with Crippen LogP contribution in [0.4, 0.5) is 11.6 Å². The highest BCUT2D eigenvalue weighted by Crippen LogP contribution is 2.36. The first-order chi connectivity index (χ1) is 17.1. The van der Waals surface area contributed by atoms with E-state index >= 15 is 0 Å². The third kappa shape index (κ3) is 5.37. The van der Waals surface area contributed by atoms with Gasteiger partial charge in [-0.2, -0.15) is 0 Å². The molecule has 1 aliphatic rings. The van der Waals surface area contributed by atoms with Gasteiger partial charge >= 0.3 is 0 Å². The Morgan fingerprint density at radius 1 is 1.09 bits per heavy atom. The molecule has 0 spiro atoms. The summed E-state index contributed by atoms with van der Waals surface area (Å²) in [7, 11) is 3.29. The molecule has 1 aliphatic heterocycles. The molecule has 188 valence electrons. The van der Waals surface area contributed by atoms with E-state index in [2.05, 4.69) is 22.9 Å². The van der Waals surface area contributed by atoms with Gasteiger partial charge in [0.05, 0.1) is 25.3 Å². The smallest absolute Gasteiger partial charge is 0.253 e. The van der Waals surface area contributed by atoms with Gasteiger partial charge in [-0.05, 0) is 62.1 Å². The number of fused-ring (bicyclic) bond motifs is 1. The van der Waals surface area contributed by atoms with Crippen molar-refractivity contribution >= 4 is 28.6 Å². The van der Waals surface area contributed by atoms with E-state index < -0.39 is 0 Å². The molecule has 3 N–H and O–H groups in total. The molecule has 2 aromatic carbocycles. The molecule has 35 heavy (non-hydrogen) atoms. The normalized spacial score (nSPS) is 14.1. The van der Waals surface area contributed by atoms with E-state index in [9.17, 15) is 4.79 Å². The van der Waals surface area contributed by atoms with Crippen LogP contribution in [0, 0.1) is 0 Å². The number of ether oxygens (including phenoxy) is 2.